The average Bonchev–Trinajstić information content (AvgIpc) is 1.99. The first-order valence-electron chi connectivity index (χ1n) is 3.29. The molecule has 5 N–H and O–H groups in total. The summed E-state index contributed by atoms with van der Waals surface area (Å²) in [4.78, 5) is 10.7. The zero-order valence-electron chi connectivity index (χ0n) is 6.69. The second-order valence-electron chi connectivity index (χ2n) is 1.37. The largest absolute Gasteiger partial charge is 0.358 e. The van der Waals surface area contributed by atoms with Gasteiger partial charge in [-0.25, -0.2) is 0 Å². The topological polar surface area (TPSA) is 81.1 Å². The fourth-order valence-electron chi connectivity index (χ4n) is 0.267. The normalized spacial score (nSPS) is 16.1. The number of nitrogens with two attached hydrogens (primary N) is 2. The zero-order valence-corrected chi connectivity index (χ0v) is 4.69. The van der Waals surface area contributed by atoms with E-state index < -0.39 is 6.04 Å². The molecule has 4 heteroatoms. The number of carbonyl (C=O) groups excluding carboxylic acids is 1. The maximum atomic E-state index is 10.7. The molecule has 0 aromatic heterocycles. The van der Waals surface area contributed by atoms with Crippen molar-refractivity contribution in [3.05, 3.63) is 0 Å². The van der Waals surface area contributed by atoms with Crippen LogP contribution < -0.4 is 16.8 Å². The van der Waals surface area contributed by atoms with E-state index in [0.29, 0.717) is 0 Å². The van der Waals surface area contributed by atoms with Crippen LogP contribution in [0, 0.1) is 0 Å². The smallest absolute Gasteiger partial charge is 0.237 e. The lowest BCUT2D eigenvalue weighted by atomic mass is 10.3. The van der Waals surface area contributed by atoms with Crippen molar-refractivity contribution in [2.75, 3.05) is 13.6 Å². The molecule has 0 aromatic rings. The van der Waals surface area contributed by atoms with Crippen LogP contribution in [0.4, 0.5) is 0 Å². The number of hydrogen-bond donors (Lipinski definition) is 3. The Bertz CT molecular complexity index is 111. The Balaban J connectivity index is 3.68. The Morgan fingerprint density at radius 1 is 2.12 bits per heavy atom. The Morgan fingerprint density at radius 2 is 2.88 bits per heavy atom. The summed E-state index contributed by atoms with van der Waals surface area (Å²) >= 11 is 0. The molecule has 1 unspecified atom stereocenters. The van der Waals surface area contributed by atoms with Crippen molar-refractivity contribution >= 4 is 5.91 Å². The van der Waals surface area contributed by atoms with Crippen molar-refractivity contribution in [2.24, 2.45) is 11.5 Å². The SMILES string of the molecule is [2H]NCC(N[2H])C(=O)NC. The molecule has 1 amide bonds. The van der Waals surface area contributed by atoms with Crippen LogP contribution in [0.2, 0.25) is 2.82 Å². The standard InChI is InChI=1S/C4H11N3O/c1-7-4(8)3(6)2-5/h3H,2,5-6H2,1H3,(H,7,8)/i/hD2. The van der Waals surface area contributed by atoms with Gasteiger partial charge in [-0.05, 0) is 0 Å². The van der Waals surface area contributed by atoms with Crippen LogP contribution in [-0.2, 0) is 4.79 Å². The molecule has 0 heterocycles. The van der Waals surface area contributed by atoms with Gasteiger partial charge >= 0.3 is 0 Å². The van der Waals surface area contributed by atoms with Crippen molar-refractivity contribution in [1.29, 1.82) is 0 Å². The van der Waals surface area contributed by atoms with E-state index in [1.165, 1.54) is 7.05 Å². The van der Waals surface area contributed by atoms with Gasteiger partial charge in [0.25, 0.3) is 0 Å². The van der Waals surface area contributed by atoms with Crippen LogP contribution in [0.3, 0.4) is 0 Å². The van der Waals surface area contributed by atoms with Gasteiger partial charge < -0.3 is 16.8 Å². The summed E-state index contributed by atoms with van der Waals surface area (Å²) in [6, 6.07) is -0.650. The van der Waals surface area contributed by atoms with Crippen molar-refractivity contribution in [3.8, 4) is 0 Å². The Labute approximate surface area is 51.2 Å². The maximum absolute atomic E-state index is 10.7. The maximum Gasteiger partial charge on any atom is 0.237 e. The first-order chi connectivity index (χ1) is 4.76. The number of amides is 1. The molecule has 0 bridgehead atoms. The van der Waals surface area contributed by atoms with Gasteiger partial charge in [-0.3, -0.25) is 4.79 Å². The van der Waals surface area contributed by atoms with Crippen LogP contribution in [0.25, 0.3) is 0 Å². The van der Waals surface area contributed by atoms with Crippen molar-refractivity contribution in [2.45, 2.75) is 6.04 Å². The average molecular weight is 119 g/mol. The van der Waals surface area contributed by atoms with Crippen LogP contribution in [-0.4, -0.2) is 25.5 Å². The number of likely N-dealkylation sites (N-methyl/N-ethyl adjacent to an activating group) is 1. The number of carbonyl (C=O) groups is 1. The fraction of sp³-hybridized carbons (Fsp3) is 0.750. The van der Waals surface area contributed by atoms with E-state index in [2.05, 4.69) is 5.32 Å². The number of rotatable bonds is 4. The van der Waals surface area contributed by atoms with Gasteiger partial charge in [-0.2, -0.15) is 0 Å². The van der Waals surface area contributed by atoms with Gasteiger partial charge in [0.05, 0.1) is 6.04 Å². The van der Waals surface area contributed by atoms with Crippen LogP contribution in [0.15, 0.2) is 0 Å². The van der Waals surface area contributed by atoms with E-state index >= 15 is 0 Å². The molecule has 4 nitrogen and oxygen atoms in total. The summed E-state index contributed by atoms with van der Waals surface area (Å²) in [6.07, 6.45) is 0. The summed E-state index contributed by atoms with van der Waals surface area (Å²) in [5, 5.41) is 2.36. The molecule has 0 aliphatic carbocycles. The van der Waals surface area contributed by atoms with Crippen LogP contribution >= 0.6 is 0 Å². The lowest BCUT2D eigenvalue weighted by molar-refractivity contribution is -0.121. The second-order valence-corrected chi connectivity index (χ2v) is 1.37. The Kier molecular flexibility index (Phi) is 1.82. The molecule has 8 heavy (non-hydrogen) atoms. The third kappa shape index (κ3) is 1.90. The summed E-state index contributed by atoms with van der Waals surface area (Å²) in [6.45, 7) is 0.128. The van der Waals surface area contributed by atoms with Crippen molar-refractivity contribution in [1.82, 2.24) is 5.32 Å². The molecule has 0 aromatic carbocycles. The molecule has 0 radical (unpaired) electrons. The molecule has 0 rings (SSSR count). The lowest BCUT2D eigenvalue weighted by Crippen LogP contribution is -2.43. The minimum Gasteiger partial charge on any atom is -0.358 e. The van der Waals surface area contributed by atoms with Gasteiger partial charge in [0, 0.05) is 13.6 Å². The predicted octanol–water partition coefficient (Wildman–Crippen LogP) is -1.98. The summed E-state index contributed by atoms with van der Waals surface area (Å²) in [7, 11) is 1.48. The van der Waals surface area contributed by atoms with E-state index in [1.807, 2.05) is 11.5 Å². The van der Waals surface area contributed by atoms with Gasteiger partial charge in [0.2, 0.25) is 5.91 Å². The Morgan fingerprint density at radius 3 is 3.25 bits per heavy atom. The van der Waals surface area contributed by atoms with Crippen LogP contribution in [0.1, 0.15) is 0 Å². The molecule has 0 saturated carbocycles. The molecule has 0 spiro atoms. The quantitative estimate of drug-likeness (QED) is 0.401. The molecule has 0 aliphatic heterocycles. The lowest BCUT2D eigenvalue weighted by Gasteiger charge is -2.04. The van der Waals surface area contributed by atoms with E-state index in [9.17, 15) is 4.79 Å². The molecule has 48 valence electrons. The molecule has 0 aliphatic rings. The predicted molar refractivity (Wildman–Crippen MR) is 31.1 cm³/mol. The second kappa shape index (κ2) is 3.40. The van der Waals surface area contributed by atoms with Gasteiger partial charge in [0.15, 0.2) is 0 Å². The van der Waals surface area contributed by atoms with E-state index in [1.54, 1.807) is 0 Å². The van der Waals surface area contributed by atoms with E-state index in [0.717, 1.165) is 0 Å². The molecule has 0 saturated heterocycles. The van der Waals surface area contributed by atoms with E-state index in [-0.39, 0.29) is 12.5 Å². The highest BCUT2D eigenvalue weighted by Gasteiger charge is 2.06. The summed E-state index contributed by atoms with van der Waals surface area (Å²) in [5.41, 5.74) is 4.05. The third-order valence-electron chi connectivity index (χ3n) is 0.767. The highest BCUT2D eigenvalue weighted by molar-refractivity contribution is 5.81. The molecule has 0 fully saturated rings. The highest BCUT2D eigenvalue weighted by atomic mass is 16.2. The highest BCUT2D eigenvalue weighted by Crippen LogP contribution is 1.69. The van der Waals surface area contributed by atoms with Gasteiger partial charge in [-0.1, -0.05) is 0 Å². The number of nitrogens with one attached hydrogen (secondary N) is 1. The minimum absolute atomic E-state index is 0.128. The van der Waals surface area contributed by atoms with Crippen LogP contribution in [0.5, 0.6) is 0 Å². The first kappa shape index (κ1) is 4.29. The molecular weight excluding hydrogens is 106 g/mol. The third-order valence-corrected chi connectivity index (χ3v) is 0.767. The zero-order chi connectivity index (χ0) is 7.98. The minimum atomic E-state index is -0.650. The fourth-order valence-corrected chi connectivity index (χ4v) is 0.267. The number of hydrogen-bond acceptors (Lipinski definition) is 3. The van der Waals surface area contributed by atoms with E-state index in [4.69, 9.17) is 2.82 Å². The summed E-state index contributed by atoms with van der Waals surface area (Å²) < 4.78 is 13.2. The first-order valence-corrected chi connectivity index (χ1v) is 2.29. The monoisotopic (exact) mass is 119 g/mol. The molecule has 1 atom stereocenters. The Hall–Kier alpha value is -0.610. The van der Waals surface area contributed by atoms with Crippen molar-refractivity contribution in [3.63, 3.8) is 0 Å². The van der Waals surface area contributed by atoms with Crippen molar-refractivity contribution < 1.29 is 7.62 Å². The molecular formula is C4H11N3O. The summed E-state index contributed by atoms with van der Waals surface area (Å²) in [5.74, 6) is -0.297. The van der Waals surface area contributed by atoms with Gasteiger partial charge in [0.1, 0.15) is 2.82 Å². The van der Waals surface area contributed by atoms with Gasteiger partial charge in [-0.15, -0.1) is 0 Å².